The molecule has 0 aliphatic rings. The van der Waals surface area contributed by atoms with Crippen LogP contribution in [0.3, 0.4) is 0 Å². The number of furan rings is 1. The van der Waals surface area contributed by atoms with Crippen molar-refractivity contribution in [3.63, 3.8) is 0 Å². The van der Waals surface area contributed by atoms with Gasteiger partial charge in [0.1, 0.15) is 11.2 Å². The zero-order valence-electron chi connectivity index (χ0n) is 25.3. The summed E-state index contributed by atoms with van der Waals surface area (Å²) in [5.74, 6) is 0. The van der Waals surface area contributed by atoms with E-state index in [1.54, 1.807) is 0 Å². The Hall–Kier alpha value is -6.32. The molecule has 3 heteroatoms. The van der Waals surface area contributed by atoms with Gasteiger partial charge in [-0.15, -0.1) is 0 Å². The first-order valence-corrected chi connectivity index (χ1v) is 16.1. The molecule has 218 valence electrons. The normalized spacial score (nSPS) is 12.3. The van der Waals surface area contributed by atoms with Gasteiger partial charge < -0.3 is 13.6 Å². The van der Waals surface area contributed by atoms with Gasteiger partial charge >= 0.3 is 0 Å². The van der Waals surface area contributed by atoms with Crippen molar-refractivity contribution in [3.05, 3.63) is 158 Å². The second-order valence-electron chi connectivity index (χ2n) is 12.5. The van der Waals surface area contributed by atoms with Gasteiger partial charge in [-0.1, -0.05) is 97.1 Å². The smallest absolute Gasteiger partial charge is 0.145 e. The van der Waals surface area contributed by atoms with Crippen molar-refractivity contribution in [1.29, 1.82) is 0 Å². The Morgan fingerprint density at radius 1 is 0.319 bits per heavy atom. The molecule has 3 aromatic heterocycles. The maximum atomic E-state index is 7.09. The summed E-state index contributed by atoms with van der Waals surface area (Å²) in [6, 6.07) is 56.9. The fourth-order valence-corrected chi connectivity index (χ4v) is 8.07. The molecule has 0 aliphatic carbocycles. The minimum Gasteiger partial charge on any atom is -0.455 e. The zero-order valence-corrected chi connectivity index (χ0v) is 25.3. The first-order valence-electron chi connectivity index (χ1n) is 16.1. The monoisotopic (exact) mass is 598 g/mol. The highest BCUT2D eigenvalue weighted by molar-refractivity contribution is 6.29. The summed E-state index contributed by atoms with van der Waals surface area (Å²) in [7, 11) is 0. The van der Waals surface area contributed by atoms with Gasteiger partial charge in [0.2, 0.25) is 0 Å². The van der Waals surface area contributed by atoms with Crippen LogP contribution in [0.4, 0.5) is 0 Å². The lowest BCUT2D eigenvalue weighted by atomic mass is 10.0. The largest absolute Gasteiger partial charge is 0.455 e. The Morgan fingerprint density at radius 3 is 1.51 bits per heavy atom. The van der Waals surface area contributed by atoms with Crippen molar-refractivity contribution in [2.45, 2.75) is 0 Å². The SMILES string of the molecule is c1ccc(-n2c3ccccc3c3c4oc5c(ccc6c5c5ccccc5n6-c5ccc6c(ccc7ccccc76)c5)c4ccc32)cc1. The first kappa shape index (κ1) is 24.9. The van der Waals surface area contributed by atoms with Crippen LogP contribution in [-0.4, -0.2) is 9.13 Å². The fraction of sp³-hybridized carbons (Fsp3) is 0. The molecule has 0 saturated carbocycles. The number of rotatable bonds is 2. The van der Waals surface area contributed by atoms with E-state index < -0.39 is 0 Å². The third-order valence-corrected chi connectivity index (χ3v) is 10.1. The van der Waals surface area contributed by atoms with Crippen LogP contribution in [0.2, 0.25) is 0 Å². The highest BCUT2D eigenvalue weighted by atomic mass is 16.3. The average Bonchev–Trinajstić information content (AvgIpc) is 3.79. The van der Waals surface area contributed by atoms with Crippen LogP contribution >= 0.6 is 0 Å². The van der Waals surface area contributed by atoms with Gasteiger partial charge in [0.15, 0.2) is 0 Å². The van der Waals surface area contributed by atoms with Crippen molar-refractivity contribution in [2.75, 3.05) is 0 Å². The zero-order chi connectivity index (χ0) is 30.6. The summed E-state index contributed by atoms with van der Waals surface area (Å²) < 4.78 is 11.8. The van der Waals surface area contributed by atoms with Gasteiger partial charge in [-0.05, 0) is 82.2 Å². The Bertz CT molecular complexity index is 3070. The Morgan fingerprint density at radius 2 is 0.830 bits per heavy atom. The molecule has 0 amide bonds. The molecule has 0 bridgehead atoms. The summed E-state index contributed by atoms with van der Waals surface area (Å²) in [5, 5.41) is 12.0. The van der Waals surface area contributed by atoms with Crippen LogP contribution in [0.1, 0.15) is 0 Å². The van der Waals surface area contributed by atoms with Crippen LogP contribution < -0.4 is 0 Å². The van der Waals surface area contributed by atoms with Gasteiger partial charge in [-0.25, -0.2) is 0 Å². The first-order chi connectivity index (χ1) is 23.3. The third-order valence-electron chi connectivity index (χ3n) is 10.1. The van der Waals surface area contributed by atoms with E-state index in [0.717, 1.165) is 55.1 Å². The van der Waals surface area contributed by atoms with Crippen molar-refractivity contribution >= 4 is 87.1 Å². The summed E-state index contributed by atoms with van der Waals surface area (Å²) in [6.45, 7) is 0. The topological polar surface area (TPSA) is 23.0 Å². The molecule has 3 nitrogen and oxygen atoms in total. The van der Waals surface area contributed by atoms with E-state index in [1.807, 2.05) is 0 Å². The number of hydrogen-bond donors (Lipinski definition) is 0. The molecule has 3 heterocycles. The predicted octanol–water partition coefficient (Wildman–Crippen LogP) is 12.1. The number of benzene rings is 8. The predicted molar refractivity (Wildman–Crippen MR) is 197 cm³/mol. The van der Waals surface area contributed by atoms with Gasteiger partial charge in [0.05, 0.1) is 32.8 Å². The minimum absolute atomic E-state index is 0.934. The van der Waals surface area contributed by atoms with E-state index >= 15 is 0 Å². The van der Waals surface area contributed by atoms with E-state index in [1.165, 1.54) is 43.4 Å². The maximum Gasteiger partial charge on any atom is 0.145 e. The number of para-hydroxylation sites is 3. The molecule has 0 saturated heterocycles. The van der Waals surface area contributed by atoms with E-state index in [0.29, 0.717) is 0 Å². The Balaban J connectivity index is 1.23. The Kier molecular flexibility index (Phi) is 4.84. The summed E-state index contributed by atoms with van der Waals surface area (Å²) in [4.78, 5) is 0. The standard InChI is InChI=1S/C44H26N2O/c1-2-11-29(12-3-1)45-37-16-8-6-14-35(37)41-39(45)24-22-33-34-23-25-40-42(44(34)47-43(33)41)36-15-7-9-17-38(36)46(40)30-20-21-32-28(26-30)19-18-27-10-4-5-13-31(27)32/h1-26H. The van der Waals surface area contributed by atoms with Crippen LogP contribution in [0.25, 0.3) is 98.5 Å². The van der Waals surface area contributed by atoms with E-state index in [2.05, 4.69) is 167 Å². The third kappa shape index (κ3) is 3.30. The van der Waals surface area contributed by atoms with Crippen molar-refractivity contribution in [3.8, 4) is 11.4 Å². The van der Waals surface area contributed by atoms with Gasteiger partial charge in [0.25, 0.3) is 0 Å². The van der Waals surface area contributed by atoms with Gasteiger partial charge in [-0.3, -0.25) is 0 Å². The second-order valence-corrected chi connectivity index (χ2v) is 12.5. The molecule has 0 atom stereocenters. The lowest BCUT2D eigenvalue weighted by Gasteiger charge is -2.10. The average molecular weight is 599 g/mol. The molecule has 0 aliphatic heterocycles. The number of nitrogens with zero attached hydrogens (tertiary/aromatic N) is 2. The van der Waals surface area contributed by atoms with Crippen LogP contribution in [0.15, 0.2) is 162 Å². The quantitative estimate of drug-likeness (QED) is 0.182. The fourth-order valence-electron chi connectivity index (χ4n) is 8.07. The molecule has 47 heavy (non-hydrogen) atoms. The van der Waals surface area contributed by atoms with E-state index in [4.69, 9.17) is 4.42 Å². The molecule has 0 spiro atoms. The molecule has 11 aromatic rings. The molecule has 11 rings (SSSR count). The van der Waals surface area contributed by atoms with E-state index in [9.17, 15) is 0 Å². The Labute approximate surface area is 269 Å². The summed E-state index contributed by atoms with van der Waals surface area (Å²) in [5.41, 5.74) is 8.78. The number of fused-ring (bicyclic) bond motifs is 14. The lowest BCUT2D eigenvalue weighted by Crippen LogP contribution is -1.93. The van der Waals surface area contributed by atoms with Crippen molar-refractivity contribution in [1.82, 2.24) is 9.13 Å². The van der Waals surface area contributed by atoms with Crippen LogP contribution in [0.5, 0.6) is 0 Å². The summed E-state index contributed by atoms with van der Waals surface area (Å²) >= 11 is 0. The summed E-state index contributed by atoms with van der Waals surface area (Å²) in [6.07, 6.45) is 0. The number of aromatic nitrogens is 2. The van der Waals surface area contributed by atoms with Gasteiger partial charge in [0, 0.05) is 32.9 Å². The molecule has 0 radical (unpaired) electrons. The highest BCUT2D eigenvalue weighted by Crippen LogP contribution is 2.45. The molecule has 8 aromatic carbocycles. The van der Waals surface area contributed by atoms with Gasteiger partial charge in [-0.2, -0.15) is 0 Å². The molecule has 0 unspecified atom stereocenters. The lowest BCUT2D eigenvalue weighted by molar-refractivity contribution is 0.677. The highest BCUT2D eigenvalue weighted by Gasteiger charge is 2.22. The minimum atomic E-state index is 0.934. The maximum absolute atomic E-state index is 7.09. The molecule has 0 fully saturated rings. The molecule has 0 N–H and O–H groups in total. The van der Waals surface area contributed by atoms with Crippen LogP contribution in [0, 0.1) is 0 Å². The van der Waals surface area contributed by atoms with Crippen molar-refractivity contribution < 1.29 is 4.42 Å². The number of hydrogen-bond acceptors (Lipinski definition) is 1. The second kappa shape index (κ2) is 9.12. The molecular weight excluding hydrogens is 572 g/mol. The van der Waals surface area contributed by atoms with Crippen LogP contribution in [-0.2, 0) is 0 Å². The van der Waals surface area contributed by atoms with E-state index in [-0.39, 0.29) is 0 Å². The van der Waals surface area contributed by atoms with Crippen molar-refractivity contribution in [2.24, 2.45) is 0 Å². The molecular formula is C44H26N2O.